The fourth-order valence-corrected chi connectivity index (χ4v) is 2.73. The molecule has 1 heterocycles. The van der Waals surface area contributed by atoms with Gasteiger partial charge in [0, 0.05) is 26.9 Å². The number of para-hydroxylation sites is 1. The van der Waals surface area contributed by atoms with E-state index in [-0.39, 0.29) is 5.82 Å². The average molecular weight is 243 g/mol. The number of nitrogens with one attached hydrogen (secondary N) is 1. The predicted octanol–water partition coefficient (Wildman–Crippen LogP) is 4.46. The summed E-state index contributed by atoms with van der Waals surface area (Å²) in [6.45, 7) is 0. The van der Waals surface area contributed by atoms with Gasteiger partial charge in [0.25, 0.3) is 0 Å². The molecule has 0 fully saturated rings. The second-order valence-electron chi connectivity index (χ2n) is 3.73. The van der Waals surface area contributed by atoms with Crippen molar-refractivity contribution in [3.63, 3.8) is 0 Å². The van der Waals surface area contributed by atoms with Gasteiger partial charge in [-0.05, 0) is 18.2 Å². The monoisotopic (exact) mass is 243 g/mol. The highest BCUT2D eigenvalue weighted by molar-refractivity contribution is 7.99. The molecule has 0 aliphatic carbocycles. The van der Waals surface area contributed by atoms with Crippen LogP contribution in [0.1, 0.15) is 0 Å². The van der Waals surface area contributed by atoms with E-state index < -0.39 is 0 Å². The molecule has 1 aromatic heterocycles. The first kappa shape index (κ1) is 10.4. The van der Waals surface area contributed by atoms with Gasteiger partial charge in [0.05, 0.1) is 0 Å². The van der Waals surface area contributed by atoms with Crippen LogP contribution in [0.3, 0.4) is 0 Å². The molecule has 0 aliphatic rings. The molecule has 0 amide bonds. The lowest BCUT2D eigenvalue weighted by Gasteiger charge is -2.01. The summed E-state index contributed by atoms with van der Waals surface area (Å²) in [6, 6.07) is 14.8. The number of halogens is 1. The minimum Gasteiger partial charge on any atom is -0.360 e. The molecular weight excluding hydrogens is 233 g/mol. The SMILES string of the molecule is Fc1ccccc1Sc1c[nH]c2ccccc12. The zero-order valence-corrected chi connectivity index (χ0v) is 9.80. The molecule has 0 bridgehead atoms. The first-order valence-electron chi connectivity index (χ1n) is 5.33. The molecule has 0 aliphatic heterocycles. The highest BCUT2D eigenvalue weighted by Gasteiger charge is 2.07. The van der Waals surface area contributed by atoms with E-state index in [4.69, 9.17) is 0 Å². The van der Waals surface area contributed by atoms with Gasteiger partial charge in [-0.25, -0.2) is 4.39 Å². The first-order valence-corrected chi connectivity index (χ1v) is 6.15. The van der Waals surface area contributed by atoms with Crippen LogP contribution in [-0.2, 0) is 0 Å². The predicted molar refractivity (Wildman–Crippen MR) is 68.8 cm³/mol. The summed E-state index contributed by atoms with van der Waals surface area (Å²) < 4.78 is 13.6. The smallest absolute Gasteiger partial charge is 0.137 e. The Morgan fingerprint density at radius 3 is 2.53 bits per heavy atom. The molecule has 17 heavy (non-hydrogen) atoms. The Morgan fingerprint density at radius 2 is 1.65 bits per heavy atom. The van der Waals surface area contributed by atoms with Gasteiger partial charge in [0.1, 0.15) is 5.82 Å². The molecule has 3 rings (SSSR count). The third-order valence-corrected chi connectivity index (χ3v) is 3.72. The molecule has 1 nitrogen and oxygen atoms in total. The average Bonchev–Trinajstić information content (AvgIpc) is 2.76. The normalized spacial score (nSPS) is 10.9. The van der Waals surface area contributed by atoms with E-state index in [1.807, 2.05) is 36.5 Å². The van der Waals surface area contributed by atoms with Gasteiger partial charge < -0.3 is 4.98 Å². The van der Waals surface area contributed by atoms with Crippen LogP contribution >= 0.6 is 11.8 Å². The van der Waals surface area contributed by atoms with E-state index in [0.717, 1.165) is 15.8 Å². The van der Waals surface area contributed by atoms with Crippen LogP contribution in [0, 0.1) is 5.82 Å². The number of benzene rings is 2. The molecule has 3 heteroatoms. The van der Waals surface area contributed by atoms with Crippen molar-refractivity contribution in [3.8, 4) is 0 Å². The molecule has 1 N–H and O–H groups in total. The summed E-state index contributed by atoms with van der Waals surface area (Å²) in [5.41, 5.74) is 1.08. The van der Waals surface area contributed by atoms with Crippen molar-refractivity contribution in [1.82, 2.24) is 4.98 Å². The Bertz CT molecular complexity index is 660. The van der Waals surface area contributed by atoms with Gasteiger partial charge in [-0.2, -0.15) is 0 Å². The second kappa shape index (κ2) is 4.26. The third kappa shape index (κ3) is 1.94. The maximum atomic E-state index is 13.6. The minimum atomic E-state index is -0.178. The Hall–Kier alpha value is -1.74. The molecule has 0 spiro atoms. The molecule has 0 saturated carbocycles. The van der Waals surface area contributed by atoms with Gasteiger partial charge in [-0.3, -0.25) is 0 Å². The molecule has 2 aromatic carbocycles. The lowest BCUT2D eigenvalue weighted by Crippen LogP contribution is -1.78. The van der Waals surface area contributed by atoms with Crippen molar-refractivity contribution >= 4 is 22.7 Å². The molecule has 84 valence electrons. The number of rotatable bonds is 2. The second-order valence-corrected chi connectivity index (χ2v) is 4.81. The van der Waals surface area contributed by atoms with Crippen LogP contribution in [0.25, 0.3) is 10.9 Å². The maximum Gasteiger partial charge on any atom is 0.137 e. The summed E-state index contributed by atoms with van der Waals surface area (Å²) in [6.07, 6.45) is 1.92. The number of hydrogen-bond acceptors (Lipinski definition) is 1. The quantitative estimate of drug-likeness (QED) is 0.702. The number of aromatic nitrogens is 1. The van der Waals surface area contributed by atoms with Crippen LogP contribution in [0.2, 0.25) is 0 Å². The molecule has 3 aromatic rings. The largest absolute Gasteiger partial charge is 0.360 e. The van der Waals surface area contributed by atoms with Crippen molar-refractivity contribution in [2.75, 3.05) is 0 Å². The van der Waals surface area contributed by atoms with E-state index in [1.54, 1.807) is 12.1 Å². The van der Waals surface area contributed by atoms with E-state index in [0.29, 0.717) is 4.90 Å². The molecular formula is C14H10FNS. The summed E-state index contributed by atoms with van der Waals surface area (Å²) in [4.78, 5) is 4.88. The van der Waals surface area contributed by atoms with Crippen molar-refractivity contribution in [3.05, 3.63) is 60.5 Å². The van der Waals surface area contributed by atoms with Crippen molar-refractivity contribution in [1.29, 1.82) is 0 Å². The van der Waals surface area contributed by atoms with Crippen LogP contribution in [0.4, 0.5) is 4.39 Å². The summed E-state index contributed by atoms with van der Waals surface area (Å²) >= 11 is 1.44. The van der Waals surface area contributed by atoms with Crippen molar-refractivity contribution < 1.29 is 4.39 Å². The molecule has 0 radical (unpaired) electrons. The fraction of sp³-hybridized carbons (Fsp3) is 0. The summed E-state index contributed by atoms with van der Waals surface area (Å²) in [7, 11) is 0. The van der Waals surface area contributed by atoms with Gasteiger partial charge >= 0.3 is 0 Å². The topological polar surface area (TPSA) is 15.8 Å². The summed E-state index contributed by atoms with van der Waals surface area (Å²) in [5, 5.41) is 1.13. The third-order valence-electron chi connectivity index (χ3n) is 2.61. The van der Waals surface area contributed by atoms with Gasteiger partial charge in [-0.15, -0.1) is 0 Å². The number of fused-ring (bicyclic) bond motifs is 1. The fourth-order valence-electron chi connectivity index (χ4n) is 1.78. The number of hydrogen-bond donors (Lipinski definition) is 1. The van der Waals surface area contributed by atoms with Crippen LogP contribution in [0.5, 0.6) is 0 Å². The van der Waals surface area contributed by atoms with Crippen LogP contribution in [0.15, 0.2) is 64.5 Å². The van der Waals surface area contributed by atoms with Crippen LogP contribution in [-0.4, -0.2) is 4.98 Å². The lowest BCUT2D eigenvalue weighted by atomic mass is 10.2. The standard InChI is InChI=1S/C14H10FNS/c15-11-6-2-4-8-13(11)17-14-9-16-12-7-3-1-5-10(12)14/h1-9,16H. The van der Waals surface area contributed by atoms with E-state index in [9.17, 15) is 4.39 Å². The lowest BCUT2D eigenvalue weighted by molar-refractivity contribution is 0.602. The number of H-pyrrole nitrogens is 1. The van der Waals surface area contributed by atoms with E-state index in [2.05, 4.69) is 4.98 Å². The Labute approximate surface area is 103 Å². The van der Waals surface area contributed by atoms with E-state index in [1.165, 1.54) is 17.8 Å². The Morgan fingerprint density at radius 1 is 0.882 bits per heavy atom. The van der Waals surface area contributed by atoms with Crippen LogP contribution < -0.4 is 0 Å². The van der Waals surface area contributed by atoms with Gasteiger partial charge in [0.15, 0.2) is 0 Å². The van der Waals surface area contributed by atoms with E-state index >= 15 is 0 Å². The Balaban J connectivity index is 2.03. The highest BCUT2D eigenvalue weighted by atomic mass is 32.2. The molecule has 0 atom stereocenters. The maximum absolute atomic E-state index is 13.6. The molecule has 0 unspecified atom stereocenters. The number of aromatic amines is 1. The zero-order valence-electron chi connectivity index (χ0n) is 8.98. The van der Waals surface area contributed by atoms with Crippen molar-refractivity contribution in [2.24, 2.45) is 0 Å². The van der Waals surface area contributed by atoms with Gasteiger partial charge in [-0.1, -0.05) is 42.1 Å². The molecule has 0 saturated heterocycles. The zero-order chi connectivity index (χ0) is 11.7. The Kier molecular flexibility index (Phi) is 2.61. The van der Waals surface area contributed by atoms with Gasteiger partial charge in [0.2, 0.25) is 0 Å². The minimum absolute atomic E-state index is 0.178. The first-order chi connectivity index (χ1) is 8.34. The van der Waals surface area contributed by atoms with Crippen molar-refractivity contribution in [2.45, 2.75) is 9.79 Å². The highest BCUT2D eigenvalue weighted by Crippen LogP contribution is 2.34. The summed E-state index contributed by atoms with van der Waals surface area (Å²) in [5.74, 6) is -0.178.